The summed E-state index contributed by atoms with van der Waals surface area (Å²) in [5.74, 6) is 0. The summed E-state index contributed by atoms with van der Waals surface area (Å²) < 4.78 is 5.69. The topological polar surface area (TPSA) is 29.5 Å². The van der Waals surface area contributed by atoms with Crippen LogP contribution in [0.25, 0.3) is 0 Å². The zero-order valence-corrected chi connectivity index (χ0v) is 9.00. The molecule has 82 valence electrons. The molecule has 0 aromatic heterocycles. The molecule has 0 radical (unpaired) electrons. The summed E-state index contributed by atoms with van der Waals surface area (Å²) in [7, 11) is 0. The number of aliphatic hydroxyl groups is 1. The second-order valence-corrected chi connectivity index (χ2v) is 4.98. The first-order chi connectivity index (χ1) is 6.79. The molecule has 0 bridgehead atoms. The van der Waals surface area contributed by atoms with Crippen molar-refractivity contribution in [2.45, 2.75) is 69.5 Å². The molecule has 1 saturated carbocycles. The fourth-order valence-corrected chi connectivity index (χ4v) is 2.81. The summed E-state index contributed by atoms with van der Waals surface area (Å²) in [5.41, 5.74) is -0.389. The Balaban J connectivity index is 1.81. The van der Waals surface area contributed by atoms with Crippen LogP contribution in [0.15, 0.2) is 0 Å². The largest absolute Gasteiger partial charge is 0.390 e. The van der Waals surface area contributed by atoms with Crippen molar-refractivity contribution in [1.29, 1.82) is 0 Å². The molecule has 1 atom stereocenters. The molecule has 0 amide bonds. The van der Waals surface area contributed by atoms with E-state index in [1.807, 2.05) is 0 Å². The van der Waals surface area contributed by atoms with E-state index in [2.05, 4.69) is 0 Å². The first-order valence-corrected chi connectivity index (χ1v) is 6.13. The van der Waals surface area contributed by atoms with Gasteiger partial charge in [-0.15, -0.1) is 0 Å². The Morgan fingerprint density at radius 1 is 1.07 bits per heavy atom. The maximum absolute atomic E-state index is 10.3. The van der Waals surface area contributed by atoms with Gasteiger partial charge in [0.15, 0.2) is 0 Å². The van der Waals surface area contributed by atoms with Crippen molar-refractivity contribution >= 4 is 0 Å². The van der Waals surface area contributed by atoms with Gasteiger partial charge in [-0.1, -0.05) is 19.3 Å². The molecule has 1 unspecified atom stereocenters. The SMILES string of the molecule is OC1(CC2CCCCO2)CCCCC1. The molecule has 2 aliphatic rings. The fourth-order valence-electron chi connectivity index (χ4n) is 2.81. The van der Waals surface area contributed by atoms with Gasteiger partial charge >= 0.3 is 0 Å². The molecule has 14 heavy (non-hydrogen) atoms. The van der Waals surface area contributed by atoms with Gasteiger partial charge in [-0.25, -0.2) is 0 Å². The van der Waals surface area contributed by atoms with Gasteiger partial charge in [0.1, 0.15) is 0 Å². The quantitative estimate of drug-likeness (QED) is 0.739. The molecule has 0 aromatic carbocycles. The standard InChI is InChI=1S/C12H22O2/c13-12(7-3-1-4-8-12)10-11-6-2-5-9-14-11/h11,13H,1-10H2. The minimum absolute atomic E-state index is 0.340. The highest BCUT2D eigenvalue weighted by molar-refractivity contribution is 4.85. The van der Waals surface area contributed by atoms with Gasteiger partial charge in [0.05, 0.1) is 11.7 Å². The number of hydrogen-bond donors (Lipinski definition) is 1. The minimum atomic E-state index is -0.389. The third-order valence-corrected chi connectivity index (χ3v) is 3.67. The molecule has 0 aromatic rings. The van der Waals surface area contributed by atoms with Gasteiger partial charge in [0, 0.05) is 13.0 Å². The van der Waals surface area contributed by atoms with E-state index in [1.54, 1.807) is 0 Å². The monoisotopic (exact) mass is 198 g/mol. The average Bonchev–Trinajstić information content (AvgIpc) is 2.19. The Morgan fingerprint density at radius 3 is 2.50 bits per heavy atom. The van der Waals surface area contributed by atoms with Crippen molar-refractivity contribution < 1.29 is 9.84 Å². The van der Waals surface area contributed by atoms with E-state index < -0.39 is 0 Å². The lowest BCUT2D eigenvalue weighted by molar-refractivity contribution is -0.0722. The van der Waals surface area contributed by atoms with Crippen LogP contribution in [0.5, 0.6) is 0 Å². The third kappa shape index (κ3) is 2.71. The normalized spacial score (nSPS) is 32.8. The van der Waals surface area contributed by atoms with Crippen molar-refractivity contribution in [2.24, 2.45) is 0 Å². The van der Waals surface area contributed by atoms with Gasteiger partial charge in [-0.2, -0.15) is 0 Å². The molecule has 2 fully saturated rings. The molecule has 1 heterocycles. The van der Waals surface area contributed by atoms with Crippen LogP contribution < -0.4 is 0 Å². The van der Waals surface area contributed by atoms with Crippen molar-refractivity contribution in [2.75, 3.05) is 6.61 Å². The van der Waals surface area contributed by atoms with Gasteiger partial charge in [0.25, 0.3) is 0 Å². The Labute approximate surface area is 86.6 Å². The molecule has 0 spiro atoms. The van der Waals surface area contributed by atoms with Crippen LogP contribution in [0.1, 0.15) is 57.8 Å². The van der Waals surface area contributed by atoms with E-state index in [9.17, 15) is 5.11 Å². The highest BCUT2D eigenvalue weighted by Crippen LogP contribution is 2.34. The molecule has 1 N–H and O–H groups in total. The third-order valence-electron chi connectivity index (χ3n) is 3.67. The summed E-state index contributed by atoms with van der Waals surface area (Å²) in [6.07, 6.45) is 10.5. The first kappa shape index (κ1) is 10.4. The molecule has 2 rings (SSSR count). The van der Waals surface area contributed by atoms with E-state index in [-0.39, 0.29) is 5.60 Å². The Bertz CT molecular complexity index is 167. The molecular weight excluding hydrogens is 176 g/mol. The van der Waals surface area contributed by atoms with Crippen molar-refractivity contribution in [3.8, 4) is 0 Å². The average molecular weight is 198 g/mol. The van der Waals surface area contributed by atoms with Crippen LogP contribution in [0.4, 0.5) is 0 Å². The lowest BCUT2D eigenvalue weighted by Crippen LogP contribution is -2.37. The summed E-state index contributed by atoms with van der Waals surface area (Å²) in [4.78, 5) is 0. The fraction of sp³-hybridized carbons (Fsp3) is 1.00. The Morgan fingerprint density at radius 2 is 1.86 bits per heavy atom. The second kappa shape index (κ2) is 4.63. The number of hydrogen-bond acceptors (Lipinski definition) is 2. The highest BCUT2D eigenvalue weighted by atomic mass is 16.5. The Kier molecular flexibility index (Phi) is 3.45. The number of rotatable bonds is 2. The summed E-state index contributed by atoms with van der Waals surface area (Å²) in [6, 6.07) is 0. The van der Waals surface area contributed by atoms with E-state index in [1.165, 1.54) is 32.1 Å². The van der Waals surface area contributed by atoms with Crippen molar-refractivity contribution in [3.05, 3.63) is 0 Å². The lowest BCUT2D eigenvalue weighted by Gasteiger charge is -2.36. The number of ether oxygens (including phenoxy) is 1. The van der Waals surface area contributed by atoms with Crippen LogP contribution in [-0.2, 0) is 4.74 Å². The van der Waals surface area contributed by atoms with Gasteiger partial charge in [-0.3, -0.25) is 0 Å². The molecular formula is C12H22O2. The zero-order valence-electron chi connectivity index (χ0n) is 9.00. The zero-order chi connectivity index (χ0) is 9.86. The van der Waals surface area contributed by atoms with Crippen LogP contribution in [0.2, 0.25) is 0 Å². The van der Waals surface area contributed by atoms with Crippen LogP contribution in [0.3, 0.4) is 0 Å². The molecule has 1 aliphatic carbocycles. The molecule has 2 nitrogen and oxygen atoms in total. The van der Waals surface area contributed by atoms with Gasteiger partial charge in [-0.05, 0) is 32.1 Å². The van der Waals surface area contributed by atoms with E-state index in [0.717, 1.165) is 32.3 Å². The van der Waals surface area contributed by atoms with Gasteiger partial charge < -0.3 is 9.84 Å². The molecule has 2 heteroatoms. The highest BCUT2D eigenvalue weighted by Gasteiger charge is 2.32. The maximum atomic E-state index is 10.3. The van der Waals surface area contributed by atoms with E-state index in [0.29, 0.717) is 6.10 Å². The van der Waals surface area contributed by atoms with Crippen molar-refractivity contribution in [3.63, 3.8) is 0 Å². The molecule has 1 aliphatic heterocycles. The summed E-state index contributed by atoms with van der Waals surface area (Å²) >= 11 is 0. The second-order valence-electron chi connectivity index (χ2n) is 4.98. The minimum Gasteiger partial charge on any atom is -0.390 e. The van der Waals surface area contributed by atoms with Crippen molar-refractivity contribution in [1.82, 2.24) is 0 Å². The smallest absolute Gasteiger partial charge is 0.0672 e. The van der Waals surface area contributed by atoms with Crippen LogP contribution >= 0.6 is 0 Å². The van der Waals surface area contributed by atoms with Gasteiger partial charge in [0.2, 0.25) is 0 Å². The van der Waals surface area contributed by atoms with Crippen LogP contribution in [-0.4, -0.2) is 23.4 Å². The predicted molar refractivity (Wildman–Crippen MR) is 56.2 cm³/mol. The Hall–Kier alpha value is -0.0800. The molecule has 1 saturated heterocycles. The van der Waals surface area contributed by atoms with E-state index in [4.69, 9.17) is 4.74 Å². The predicted octanol–water partition coefficient (Wildman–Crippen LogP) is 2.64. The lowest BCUT2D eigenvalue weighted by atomic mass is 9.80. The maximum Gasteiger partial charge on any atom is 0.0672 e. The first-order valence-electron chi connectivity index (χ1n) is 6.13. The van der Waals surface area contributed by atoms with E-state index >= 15 is 0 Å². The summed E-state index contributed by atoms with van der Waals surface area (Å²) in [6.45, 7) is 0.904. The van der Waals surface area contributed by atoms with Crippen LogP contribution in [0, 0.1) is 0 Å². The summed E-state index contributed by atoms with van der Waals surface area (Å²) in [5, 5.41) is 10.3.